The molecule has 68 valence electrons. The zero-order valence-corrected chi connectivity index (χ0v) is 7.31. The zero-order valence-electron chi connectivity index (χ0n) is 7.31. The molecule has 0 bridgehead atoms. The smallest absolute Gasteiger partial charge is 0.307 e. The third-order valence-electron chi connectivity index (χ3n) is 1.09. The molecule has 2 heteroatoms. The van der Waals surface area contributed by atoms with Crippen LogP contribution in [-0.4, -0.2) is 11.1 Å². The fourth-order valence-electron chi connectivity index (χ4n) is 0.563. The maximum absolute atomic E-state index is 10.1. The van der Waals surface area contributed by atoms with Gasteiger partial charge in [0.1, 0.15) is 0 Å². The molecule has 0 aromatic carbocycles. The first-order chi connectivity index (χ1) is 6.27. The Morgan fingerprint density at radius 2 is 1.85 bits per heavy atom. The van der Waals surface area contributed by atoms with Gasteiger partial charge < -0.3 is 5.11 Å². The van der Waals surface area contributed by atoms with Gasteiger partial charge in [0, 0.05) is 0 Å². The first-order valence-corrected chi connectivity index (χ1v) is 3.83. The first kappa shape index (κ1) is 11.2. The minimum Gasteiger partial charge on any atom is -0.481 e. The van der Waals surface area contributed by atoms with Gasteiger partial charge in [-0.15, -0.1) is 5.73 Å². The molecule has 0 aliphatic heterocycles. The monoisotopic (exact) mass is 176 g/mol. The summed E-state index contributed by atoms with van der Waals surface area (Å²) in [5.41, 5.74) is 2.59. The lowest BCUT2D eigenvalue weighted by Gasteiger charge is -1.79. The Labute approximate surface area is 77.9 Å². The first-order valence-electron chi connectivity index (χ1n) is 3.83. The highest BCUT2D eigenvalue weighted by molar-refractivity contribution is 5.68. The Morgan fingerprint density at radius 1 is 1.23 bits per heavy atom. The lowest BCUT2D eigenvalue weighted by Crippen LogP contribution is -1.89. The predicted molar refractivity (Wildman–Crippen MR) is 53.4 cm³/mol. The van der Waals surface area contributed by atoms with Crippen molar-refractivity contribution in [2.24, 2.45) is 0 Å². The van der Waals surface area contributed by atoms with E-state index in [1.165, 1.54) is 0 Å². The second kappa shape index (κ2) is 8.31. The van der Waals surface area contributed by atoms with Crippen LogP contribution in [0.2, 0.25) is 0 Å². The molecule has 0 aromatic heterocycles. The van der Waals surface area contributed by atoms with E-state index in [4.69, 9.17) is 5.11 Å². The quantitative estimate of drug-likeness (QED) is 0.516. The minimum absolute atomic E-state index is 0.0562. The number of hydrogen-bond donors (Lipinski definition) is 1. The van der Waals surface area contributed by atoms with Crippen molar-refractivity contribution in [2.45, 2.75) is 6.42 Å². The number of carboxylic acids is 1. The molecule has 0 heterocycles. The van der Waals surface area contributed by atoms with E-state index < -0.39 is 5.97 Å². The molecule has 0 spiro atoms. The molecule has 0 radical (unpaired) electrons. The van der Waals surface area contributed by atoms with E-state index >= 15 is 0 Å². The van der Waals surface area contributed by atoms with Crippen LogP contribution in [0.5, 0.6) is 0 Å². The molecule has 0 saturated heterocycles. The summed E-state index contributed by atoms with van der Waals surface area (Å²) < 4.78 is 0. The molecule has 0 atom stereocenters. The third kappa shape index (κ3) is 10.2. The van der Waals surface area contributed by atoms with E-state index in [9.17, 15) is 4.79 Å². The SMILES string of the molecule is C=C=CC=CC=CC=CCC(=O)O. The van der Waals surface area contributed by atoms with E-state index in [0.29, 0.717) is 0 Å². The van der Waals surface area contributed by atoms with Gasteiger partial charge in [-0.05, 0) is 6.08 Å². The number of hydrogen-bond acceptors (Lipinski definition) is 1. The van der Waals surface area contributed by atoms with E-state index in [2.05, 4.69) is 12.3 Å². The van der Waals surface area contributed by atoms with Crippen molar-refractivity contribution in [1.82, 2.24) is 0 Å². The fraction of sp³-hybridized carbons (Fsp3) is 0.0909. The summed E-state index contributed by atoms with van der Waals surface area (Å²) in [6, 6.07) is 0. The minimum atomic E-state index is -0.824. The summed E-state index contributed by atoms with van der Waals surface area (Å²) >= 11 is 0. The van der Waals surface area contributed by atoms with Crippen LogP contribution in [0.1, 0.15) is 6.42 Å². The fourth-order valence-corrected chi connectivity index (χ4v) is 0.563. The maximum atomic E-state index is 10.1. The largest absolute Gasteiger partial charge is 0.481 e. The second-order valence-corrected chi connectivity index (χ2v) is 2.17. The predicted octanol–water partition coefficient (Wildman–Crippen LogP) is 2.47. The van der Waals surface area contributed by atoms with Gasteiger partial charge in [-0.25, -0.2) is 0 Å². The molecule has 0 saturated carbocycles. The molecule has 0 rings (SSSR count). The highest BCUT2D eigenvalue weighted by Gasteiger charge is 1.86. The molecule has 0 unspecified atom stereocenters. The van der Waals surface area contributed by atoms with Crippen LogP contribution >= 0.6 is 0 Å². The van der Waals surface area contributed by atoms with Gasteiger partial charge in [0.25, 0.3) is 0 Å². The van der Waals surface area contributed by atoms with Crippen molar-refractivity contribution < 1.29 is 9.90 Å². The molecule has 13 heavy (non-hydrogen) atoms. The lowest BCUT2D eigenvalue weighted by atomic mass is 10.3. The van der Waals surface area contributed by atoms with Crippen molar-refractivity contribution in [3.63, 3.8) is 0 Å². The van der Waals surface area contributed by atoms with E-state index in [0.717, 1.165) is 0 Å². The topological polar surface area (TPSA) is 37.3 Å². The number of rotatable bonds is 5. The highest BCUT2D eigenvalue weighted by Crippen LogP contribution is 1.85. The standard InChI is InChI=1S/C11H12O2/c1-2-3-4-5-6-7-8-9-10-11(12)13/h3-9H,1,10H2,(H,12,13). The Kier molecular flexibility index (Phi) is 7.16. The summed E-state index contributed by atoms with van der Waals surface area (Å²) in [4.78, 5) is 10.1. The van der Waals surface area contributed by atoms with Crippen molar-refractivity contribution in [3.8, 4) is 0 Å². The van der Waals surface area contributed by atoms with Gasteiger partial charge in [-0.3, -0.25) is 4.79 Å². The third-order valence-corrected chi connectivity index (χ3v) is 1.09. The van der Waals surface area contributed by atoms with Crippen molar-refractivity contribution >= 4 is 5.97 Å². The van der Waals surface area contributed by atoms with E-state index in [-0.39, 0.29) is 6.42 Å². The molecule has 0 aromatic rings. The Balaban J connectivity index is 3.68. The molecule has 0 aliphatic carbocycles. The van der Waals surface area contributed by atoms with Gasteiger partial charge in [0.15, 0.2) is 0 Å². The summed E-state index contributed by atoms with van der Waals surface area (Å²) in [5.74, 6) is -0.824. The van der Waals surface area contributed by atoms with Crippen LogP contribution in [0, 0.1) is 0 Å². The molecule has 1 N–H and O–H groups in total. The summed E-state index contributed by atoms with van der Waals surface area (Å²) in [5, 5.41) is 8.28. The normalized spacial score (nSPS) is 11.1. The zero-order chi connectivity index (χ0) is 9.94. The Hall–Kier alpha value is -1.79. The van der Waals surface area contributed by atoms with Crippen molar-refractivity contribution in [2.75, 3.05) is 0 Å². The van der Waals surface area contributed by atoms with Crippen LogP contribution in [0.3, 0.4) is 0 Å². The molecule has 2 nitrogen and oxygen atoms in total. The summed E-state index contributed by atoms with van der Waals surface area (Å²) in [7, 11) is 0. The molecule has 0 fully saturated rings. The van der Waals surface area contributed by atoms with Crippen LogP contribution in [0.4, 0.5) is 0 Å². The van der Waals surface area contributed by atoms with Gasteiger partial charge >= 0.3 is 5.97 Å². The van der Waals surface area contributed by atoms with Crippen molar-refractivity contribution in [1.29, 1.82) is 0 Å². The van der Waals surface area contributed by atoms with Gasteiger partial charge in [0.2, 0.25) is 0 Å². The number of allylic oxidation sites excluding steroid dienone is 6. The lowest BCUT2D eigenvalue weighted by molar-refractivity contribution is -0.135. The number of carboxylic acid groups (broad SMARTS) is 1. The van der Waals surface area contributed by atoms with E-state index in [1.807, 2.05) is 6.08 Å². The Bertz CT molecular complexity index is 276. The van der Waals surface area contributed by atoms with Crippen molar-refractivity contribution in [3.05, 3.63) is 54.8 Å². The average Bonchev–Trinajstić information content (AvgIpc) is 2.09. The van der Waals surface area contributed by atoms with Gasteiger partial charge in [-0.2, -0.15) is 0 Å². The molecular formula is C11H12O2. The van der Waals surface area contributed by atoms with Crippen LogP contribution in [0.15, 0.2) is 54.8 Å². The second-order valence-electron chi connectivity index (χ2n) is 2.17. The molecule has 0 amide bonds. The molecule has 0 aliphatic rings. The number of aliphatic carboxylic acids is 1. The van der Waals surface area contributed by atoms with Gasteiger partial charge in [-0.1, -0.05) is 43.0 Å². The highest BCUT2D eigenvalue weighted by atomic mass is 16.4. The Morgan fingerprint density at radius 3 is 2.46 bits per heavy atom. The van der Waals surface area contributed by atoms with Crippen LogP contribution in [0.25, 0.3) is 0 Å². The average molecular weight is 176 g/mol. The van der Waals surface area contributed by atoms with Crippen LogP contribution in [-0.2, 0) is 4.79 Å². The maximum Gasteiger partial charge on any atom is 0.307 e. The summed E-state index contributed by atoms with van der Waals surface area (Å²) in [6.07, 6.45) is 12.2. The summed E-state index contributed by atoms with van der Waals surface area (Å²) in [6.45, 7) is 3.39. The number of carbonyl (C=O) groups is 1. The van der Waals surface area contributed by atoms with Crippen LogP contribution < -0.4 is 0 Å². The van der Waals surface area contributed by atoms with E-state index in [1.54, 1.807) is 36.5 Å². The van der Waals surface area contributed by atoms with Gasteiger partial charge in [0.05, 0.1) is 6.42 Å². The molecular weight excluding hydrogens is 164 g/mol.